The first-order valence-corrected chi connectivity index (χ1v) is 6.31. The number of amidine groups is 1. The molecule has 0 aromatic heterocycles. The molecule has 0 heterocycles. The fourth-order valence-electron chi connectivity index (χ4n) is 1.16. The van der Waals surface area contributed by atoms with Gasteiger partial charge < -0.3 is 15.7 Å². The van der Waals surface area contributed by atoms with Gasteiger partial charge in [0, 0.05) is 11.3 Å². The van der Waals surface area contributed by atoms with Gasteiger partial charge in [0.25, 0.3) is 0 Å². The van der Waals surface area contributed by atoms with Gasteiger partial charge in [-0.3, -0.25) is 0 Å². The van der Waals surface area contributed by atoms with Crippen molar-refractivity contribution in [2.24, 2.45) is 10.9 Å². The molecule has 1 aromatic rings. The maximum atomic E-state index is 11.9. The molecule has 1 aromatic carbocycles. The highest BCUT2D eigenvalue weighted by Gasteiger charge is 2.27. The molecule has 0 atom stereocenters. The molecule has 0 saturated carbocycles. The summed E-state index contributed by atoms with van der Waals surface area (Å²) in [7, 11) is 0. The number of alkyl halides is 3. The molecular weight excluding hydrogens is 305 g/mol. The van der Waals surface area contributed by atoms with Gasteiger partial charge in [-0.2, -0.15) is 13.2 Å². The van der Waals surface area contributed by atoms with Gasteiger partial charge in [-0.15, -0.1) is 0 Å². The molecule has 0 fully saturated rings. The van der Waals surface area contributed by atoms with Gasteiger partial charge in [0.05, 0.1) is 11.6 Å². The van der Waals surface area contributed by atoms with E-state index in [4.69, 9.17) is 27.3 Å². The first kappa shape index (κ1) is 15.8. The van der Waals surface area contributed by atoms with Crippen LogP contribution in [0.25, 0.3) is 0 Å². The van der Waals surface area contributed by atoms with Crippen LogP contribution in [0.3, 0.4) is 0 Å². The third-order valence-electron chi connectivity index (χ3n) is 1.94. The van der Waals surface area contributed by atoms with Crippen molar-refractivity contribution in [3.05, 3.63) is 28.8 Å². The maximum absolute atomic E-state index is 11.9. The van der Waals surface area contributed by atoms with E-state index in [1.807, 2.05) is 0 Å². The number of rotatable bonds is 5. The minimum Gasteiger partial charge on any atom is -0.493 e. The zero-order valence-corrected chi connectivity index (χ0v) is 11.0. The summed E-state index contributed by atoms with van der Waals surface area (Å²) in [5, 5.41) is 11.5. The van der Waals surface area contributed by atoms with Crippen molar-refractivity contribution in [2.75, 3.05) is 12.4 Å². The molecule has 0 amide bonds. The van der Waals surface area contributed by atoms with E-state index in [1.54, 1.807) is 0 Å². The summed E-state index contributed by atoms with van der Waals surface area (Å²) < 4.78 is 40.7. The van der Waals surface area contributed by atoms with Crippen molar-refractivity contribution in [1.29, 1.82) is 0 Å². The number of thioether (sulfide) groups is 1. The van der Waals surface area contributed by atoms with E-state index in [0.717, 1.165) is 0 Å². The van der Waals surface area contributed by atoms with Crippen LogP contribution in [-0.4, -0.2) is 28.9 Å². The van der Waals surface area contributed by atoms with E-state index in [1.165, 1.54) is 18.2 Å². The molecule has 19 heavy (non-hydrogen) atoms. The summed E-state index contributed by atoms with van der Waals surface area (Å²) >= 11 is 5.69. The van der Waals surface area contributed by atoms with Gasteiger partial charge >= 0.3 is 5.51 Å². The van der Waals surface area contributed by atoms with Gasteiger partial charge in [0.2, 0.25) is 0 Å². The summed E-state index contributed by atoms with van der Waals surface area (Å²) in [4.78, 5) is 0. The Bertz CT molecular complexity index is 469. The van der Waals surface area contributed by atoms with Crippen LogP contribution in [-0.2, 0) is 0 Å². The highest BCUT2D eigenvalue weighted by atomic mass is 35.5. The number of nitrogens with zero attached hydrogens (tertiary/aromatic N) is 1. The smallest absolute Gasteiger partial charge is 0.441 e. The number of hydrogen-bond acceptors (Lipinski definition) is 4. The fourth-order valence-corrected chi connectivity index (χ4v) is 1.83. The molecule has 4 nitrogen and oxygen atoms in total. The monoisotopic (exact) mass is 314 g/mol. The molecule has 106 valence electrons. The highest BCUT2D eigenvalue weighted by Crippen LogP contribution is 2.30. The number of ether oxygens (including phenoxy) is 1. The lowest BCUT2D eigenvalue weighted by Gasteiger charge is -2.09. The fraction of sp³-hybridized carbons (Fsp3) is 0.300. The van der Waals surface area contributed by atoms with Gasteiger partial charge in [-0.05, 0) is 30.0 Å². The summed E-state index contributed by atoms with van der Waals surface area (Å²) in [6, 6.07) is 4.30. The molecule has 9 heteroatoms. The molecule has 0 radical (unpaired) electrons. The second-order valence-corrected chi connectivity index (χ2v) is 4.84. The molecule has 0 aliphatic rings. The number of halogens is 4. The Hall–Kier alpha value is -1.28. The lowest BCUT2D eigenvalue weighted by molar-refractivity contribution is -0.0329. The predicted octanol–water partition coefficient (Wildman–Crippen LogP) is 3.07. The largest absolute Gasteiger partial charge is 0.493 e. The average molecular weight is 315 g/mol. The van der Waals surface area contributed by atoms with Crippen LogP contribution in [0.2, 0.25) is 5.02 Å². The zero-order chi connectivity index (χ0) is 14.5. The van der Waals surface area contributed by atoms with Crippen molar-refractivity contribution in [2.45, 2.75) is 5.51 Å². The minimum absolute atomic E-state index is 0.108. The van der Waals surface area contributed by atoms with Crippen LogP contribution >= 0.6 is 23.4 Å². The first-order valence-electron chi connectivity index (χ1n) is 4.94. The van der Waals surface area contributed by atoms with Crippen LogP contribution < -0.4 is 10.5 Å². The SMILES string of the molecule is N/C(=N/O)c1ccc(OCCSC(F)(F)F)cc1Cl. The second-order valence-electron chi connectivity index (χ2n) is 3.27. The van der Waals surface area contributed by atoms with Crippen LogP contribution in [0.4, 0.5) is 13.2 Å². The molecule has 0 bridgehead atoms. The van der Waals surface area contributed by atoms with Gasteiger partial charge in [-0.1, -0.05) is 16.8 Å². The third kappa shape index (κ3) is 5.48. The Morgan fingerprint density at radius 3 is 2.68 bits per heavy atom. The quantitative estimate of drug-likeness (QED) is 0.288. The number of hydrogen-bond donors (Lipinski definition) is 2. The topological polar surface area (TPSA) is 67.8 Å². The first-order chi connectivity index (χ1) is 8.83. The molecule has 0 aliphatic heterocycles. The van der Waals surface area contributed by atoms with E-state index in [-0.39, 0.29) is 35.0 Å². The Labute approximate surface area is 116 Å². The van der Waals surface area contributed by atoms with Crippen LogP contribution in [0.5, 0.6) is 5.75 Å². The molecule has 3 N–H and O–H groups in total. The number of nitrogens with two attached hydrogens (primary N) is 1. The molecule has 0 aliphatic carbocycles. The Morgan fingerprint density at radius 1 is 1.47 bits per heavy atom. The van der Waals surface area contributed by atoms with Crippen molar-refractivity contribution < 1.29 is 23.1 Å². The van der Waals surface area contributed by atoms with Crippen LogP contribution in [0, 0.1) is 0 Å². The lowest BCUT2D eigenvalue weighted by atomic mass is 10.2. The Kier molecular flexibility index (Phi) is 5.61. The van der Waals surface area contributed by atoms with Gasteiger partial charge in [0.15, 0.2) is 5.84 Å². The molecule has 0 spiro atoms. The summed E-state index contributed by atoms with van der Waals surface area (Å²) in [5.74, 6) is -0.0743. The summed E-state index contributed by atoms with van der Waals surface area (Å²) in [5.41, 5.74) is 1.40. The summed E-state index contributed by atoms with van der Waals surface area (Å²) in [6.45, 7) is -0.108. The average Bonchev–Trinajstić information content (AvgIpc) is 2.33. The van der Waals surface area contributed by atoms with E-state index >= 15 is 0 Å². The van der Waals surface area contributed by atoms with Crippen molar-refractivity contribution in [3.63, 3.8) is 0 Å². The molecule has 0 unspecified atom stereocenters. The standard InChI is InChI=1S/C10H10ClF3N2O2S/c11-8-5-6(1-2-7(8)9(15)16-17)18-3-4-19-10(12,13)14/h1-2,5,17H,3-4H2,(H2,15,16). The van der Waals surface area contributed by atoms with Crippen LogP contribution in [0.1, 0.15) is 5.56 Å². The van der Waals surface area contributed by atoms with Gasteiger partial charge in [-0.25, -0.2) is 0 Å². The Morgan fingerprint density at radius 2 is 2.16 bits per heavy atom. The maximum Gasteiger partial charge on any atom is 0.441 e. The Balaban J connectivity index is 2.55. The van der Waals surface area contributed by atoms with Crippen molar-refractivity contribution in [1.82, 2.24) is 0 Å². The van der Waals surface area contributed by atoms with Crippen molar-refractivity contribution in [3.8, 4) is 5.75 Å². The molecule has 0 saturated heterocycles. The van der Waals surface area contributed by atoms with E-state index in [9.17, 15) is 13.2 Å². The predicted molar refractivity (Wildman–Crippen MR) is 68.0 cm³/mol. The third-order valence-corrected chi connectivity index (χ3v) is 2.95. The van der Waals surface area contributed by atoms with Crippen LogP contribution in [0.15, 0.2) is 23.4 Å². The minimum atomic E-state index is -4.27. The molecular formula is C10H10ClF3N2O2S. The van der Waals surface area contributed by atoms with Gasteiger partial charge in [0.1, 0.15) is 5.75 Å². The lowest BCUT2D eigenvalue weighted by Crippen LogP contribution is -2.13. The number of benzene rings is 1. The van der Waals surface area contributed by atoms with E-state index < -0.39 is 5.51 Å². The van der Waals surface area contributed by atoms with E-state index in [2.05, 4.69) is 5.16 Å². The zero-order valence-electron chi connectivity index (χ0n) is 9.45. The van der Waals surface area contributed by atoms with Crippen molar-refractivity contribution >= 4 is 29.2 Å². The van der Waals surface area contributed by atoms with E-state index in [0.29, 0.717) is 11.3 Å². The summed E-state index contributed by atoms with van der Waals surface area (Å²) in [6.07, 6.45) is 0. The molecule has 1 rings (SSSR count). The second kappa shape index (κ2) is 6.76. The normalized spacial score (nSPS) is 12.5. The number of oxime groups is 1. The highest BCUT2D eigenvalue weighted by molar-refractivity contribution is 8.00.